The Balaban J connectivity index is 1.86. The molecule has 0 bridgehead atoms. The fraction of sp³-hybridized carbons (Fsp3) is 0.429. The number of hydrogen-bond donors (Lipinski definition) is 2. The SMILES string of the molecule is CC(C)(C)C(c1nc(-c2cc(F)ccc2F)oc1Cc1ccccc1)N(CC1CNCC1F)C(=O)CO. The van der Waals surface area contributed by atoms with E-state index in [9.17, 15) is 23.1 Å². The van der Waals surface area contributed by atoms with E-state index in [4.69, 9.17) is 4.42 Å². The number of alkyl halides is 1. The molecule has 198 valence electrons. The van der Waals surface area contributed by atoms with Gasteiger partial charge in [0.2, 0.25) is 11.8 Å². The van der Waals surface area contributed by atoms with Gasteiger partial charge in [-0.15, -0.1) is 0 Å². The van der Waals surface area contributed by atoms with E-state index >= 15 is 0 Å². The third kappa shape index (κ3) is 6.05. The maximum atomic E-state index is 14.7. The van der Waals surface area contributed by atoms with Gasteiger partial charge in [-0.05, 0) is 29.2 Å². The molecule has 2 heterocycles. The first-order valence-corrected chi connectivity index (χ1v) is 12.3. The standard InChI is InChI=1S/C28H32F3N3O3/c1-28(2,3)26(34(24(36)16-35)15-18-13-32-14-22(18)31)25-23(11-17-7-5-4-6-8-17)37-27(33-25)20-12-19(29)9-10-21(20)30/h4-10,12,18,22,26,32,35H,11,13-16H2,1-3H3. The van der Waals surface area contributed by atoms with Crippen molar-refractivity contribution in [1.29, 1.82) is 0 Å². The maximum absolute atomic E-state index is 14.7. The number of aliphatic hydroxyl groups excluding tert-OH is 1. The number of oxazole rings is 1. The predicted molar refractivity (Wildman–Crippen MR) is 133 cm³/mol. The minimum atomic E-state index is -1.15. The minimum absolute atomic E-state index is 0.0524. The molecule has 0 radical (unpaired) electrons. The van der Waals surface area contributed by atoms with Crippen LogP contribution < -0.4 is 5.32 Å². The number of nitrogens with one attached hydrogen (secondary N) is 1. The second-order valence-electron chi connectivity index (χ2n) is 10.5. The fourth-order valence-corrected chi connectivity index (χ4v) is 4.86. The van der Waals surface area contributed by atoms with Crippen molar-refractivity contribution < 1.29 is 27.5 Å². The van der Waals surface area contributed by atoms with Crippen LogP contribution in [0.25, 0.3) is 11.5 Å². The number of carbonyl (C=O) groups is 1. The first-order chi connectivity index (χ1) is 17.6. The van der Waals surface area contributed by atoms with Gasteiger partial charge in [0.25, 0.3) is 0 Å². The van der Waals surface area contributed by atoms with E-state index in [1.807, 2.05) is 51.1 Å². The summed E-state index contributed by atoms with van der Waals surface area (Å²) < 4.78 is 49.4. The zero-order valence-corrected chi connectivity index (χ0v) is 21.2. The molecule has 3 aromatic rings. The van der Waals surface area contributed by atoms with Gasteiger partial charge < -0.3 is 19.7 Å². The molecule has 0 aliphatic carbocycles. The smallest absolute Gasteiger partial charge is 0.248 e. The van der Waals surface area contributed by atoms with Crippen molar-refractivity contribution in [2.75, 3.05) is 26.2 Å². The lowest BCUT2D eigenvalue weighted by Crippen LogP contribution is -2.46. The number of nitrogens with zero attached hydrogens (tertiary/aromatic N) is 2. The van der Waals surface area contributed by atoms with E-state index in [0.717, 1.165) is 23.8 Å². The van der Waals surface area contributed by atoms with Gasteiger partial charge in [-0.3, -0.25) is 4.79 Å². The first kappa shape index (κ1) is 26.9. The molecule has 4 rings (SSSR count). The van der Waals surface area contributed by atoms with Gasteiger partial charge in [0.1, 0.15) is 35.9 Å². The summed E-state index contributed by atoms with van der Waals surface area (Å²) in [6.07, 6.45) is -0.863. The highest BCUT2D eigenvalue weighted by atomic mass is 19.1. The molecule has 0 spiro atoms. The Hall–Kier alpha value is -3.17. The fourth-order valence-electron chi connectivity index (χ4n) is 4.86. The average molecular weight is 516 g/mol. The lowest BCUT2D eigenvalue weighted by atomic mass is 9.82. The highest BCUT2D eigenvalue weighted by Crippen LogP contribution is 2.42. The van der Waals surface area contributed by atoms with Crippen LogP contribution in [0.2, 0.25) is 0 Å². The van der Waals surface area contributed by atoms with Crippen LogP contribution in [0.1, 0.15) is 43.8 Å². The van der Waals surface area contributed by atoms with E-state index in [1.165, 1.54) is 4.90 Å². The van der Waals surface area contributed by atoms with E-state index in [-0.39, 0.29) is 31.0 Å². The summed E-state index contributed by atoms with van der Waals surface area (Å²) in [6.45, 7) is 5.58. The highest BCUT2D eigenvalue weighted by Gasteiger charge is 2.41. The first-order valence-electron chi connectivity index (χ1n) is 12.3. The van der Waals surface area contributed by atoms with Crippen LogP contribution >= 0.6 is 0 Å². The number of hydrogen-bond acceptors (Lipinski definition) is 5. The molecule has 1 aliphatic rings. The van der Waals surface area contributed by atoms with Crippen molar-refractivity contribution in [2.45, 2.75) is 39.4 Å². The largest absolute Gasteiger partial charge is 0.440 e. The monoisotopic (exact) mass is 515 g/mol. The third-order valence-electron chi connectivity index (χ3n) is 6.63. The molecule has 1 aromatic heterocycles. The Morgan fingerprint density at radius 1 is 1.19 bits per heavy atom. The Labute approximate surface area is 214 Å². The zero-order chi connectivity index (χ0) is 26.7. The van der Waals surface area contributed by atoms with Crippen molar-refractivity contribution in [3.05, 3.63) is 77.2 Å². The van der Waals surface area contributed by atoms with Crippen molar-refractivity contribution >= 4 is 5.91 Å². The number of amides is 1. The van der Waals surface area contributed by atoms with Gasteiger partial charge in [0, 0.05) is 32.0 Å². The second kappa shape index (κ2) is 11.1. The number of halogens is 3. The topological polar surface area (TPSA) is 78.6 Å². The van der Waals surface area contributed by atoms with Crippen molar-refractivity contribution in [3.63, 3.8) is 0 Å². The lowest BCUT2D eigenvalue weighted by Gasteiger charge is -2.40. The molecule has 6 nitrogen and oxygen atoms in total. The van der Waals surface area contributed by atoms with Crippen molar-refractivity contribution in [1.82, 2.24) is 15.2 Å². The normalized spacial score (nSPS) is 18.7. The van der Waals surface area contributed by atoms with Gasteiger partial charge in [-0.1, -0.05) is 51.1 Å². The molecule has 1 saturated heterocycles. The lowest BCUT2D eigenvalue weighted by molar-refractivity contribution is -0.140. The minimum Gasteiger partial charge on any atom is -0.440 e. The van der Waals surface area contributed by atoms with E-state index in [1.54, 1.807) is 0 Å². The second-order valence-corrected chi connectivity index (χ2v) is 10.5. The summed E-state index contributed by atoms with van der Waals surface area (Å²) in [6, 6.07) is 11.7. The van der Waals surface area contributed by atoms with Crippen LogP contribution in [0, 0.1) is 23.0 Å². The molecule has 1 fully saturated rings. The predicted octanol–water partition coefficient (Wildman–Crippen LogP) is 4.68. The summed E-state index contributed by atoms with van der Waals surface area (Å²) in [7, 11) is 0. The molecule has 37 heavy (non-hydrogen) atoms. The van der Waals surface area contributed by atoms with Gasteiger partial charge in [0.05, 0.1) is 11.6 Å². The summed E-state index contributed by atoms with van der Waals surface area (Å²) in [4.78, 5) is 19.1. The van der Waals surface area contributed by atoms with Crippen LogP contribution in [0.15, 0.2) is 52.9 Å². The summed E-state index contributed by atoms with van der Waals surface area (Å²) in [5.41, 5.74) is 0.473. The molecular formula is C28H32F3N3O3. The Bertz CT molecular complexity index is 1230. The zero-order valence-electron chi connectivity index (χ0n) is 21.2. The molecule has 1 aliphatic heterocycles. The number of aromatic nitrogens is 1. The van der Waals surface area contributed by atoms with Gasteiger partial charge >= 0.3 is 0 Å². The molecule has 3 atom stereocenters. The Kier molecular flexibility index (Phi) is 8.04. The van der Waals surface area contributed by atoms with Crippen LogP contribution in [0.3, 0.4) is 0 Å². The third-order valence-corrected chi connectivity index (χ3v) is 6.63. The molecule has 2 aromatic carbocycles. The highest BCUT2D eigenvalue weighted by molar-refractivity contribution is 5.78. The van der Waals surface area contributed by atoms with Gasteiger partial charge in [0.15, 0.2) is 0 Å². The molecule has 1 amide bonds. The molecule has 9 heteroatoms. The molecule has 3 unspecified atom stereocenters. The number of aliphatic hydroxyl groups is 1. The van der Waals surface area contributed by atoms with Crippen LogP contribution in [0.5, 0.6) is 0 Å². The van der Waals surface area contributed by atoms with Crippen LogP contribution in [-0.2, 0) is 11.2 Å². The molecular weight excluding hydrogens is 483 g/mol. The summed E-state index contributed by atoms with van der Waals surface area (Å²) in [5.74, 6) is -2.13. The van der Waals surface area contributed by atoms with Gasteiger partial charge in [-0.25, -0.2) is 18.2 Å². The van der Waals surface area contributed by atoms with E-state index in [2.05, 4.69) is 10.3 Å². The van der Waals surface area contributed by atoms with Gasteiger partial charge in [-0.2, -0.15) is 0 Å². The maximum Gasteiger partial charge on any atom is 0.248 e. The number of carbonyl (C=O) groups excluding carboxylic acids is 1. The average Bonchev–Trinajstić information content (AvgIpc) is 3.45. The molecule has 0 saturated carbocycles. The molecule has 2 N–H and O–H groups in total. The summed E-state index contributed by atoms with van der Waals surface area (Å²) >= 11 is 0. The van der Waals surface area contributed by atoms with Crippen molar-refractivity contribution in [3.8, 4) is 11.5 Å². The quantitative estimate of drug-likeness (QED) is 0.456. The van der Waals surface area contributed by atoms with E-state index < -0.39 is 47.7 Å². The number of rotatable bonds is 8. The van der Waals surface area contributed by atoms with Crippen molar-refractivity contribution in [2.24, 2.45) is 11.3 Å². The Morgan fingerprint density at radius 2 is 1.92 bits per heavy atom. The summed E-state index contributed by atoms with van der Waals surface area (Å²) in [5, 5.41) is 12.8. The van der Waals surface area contributed by atoms with E-state index in [0.29, 0.717) is 18.0 Å². The van der Waals surface area contributed by atoms with Crippen LogP contribution in [-0.4, -0.2) is 53.3 Å². The number of benzene rings is 2. The van der Waals surface area contributed by atoms with Crippen LogP contribution in [0.4, 0.5) is 13.2 Å². The Morgan fingerprint density at radius 3 is 2.54 bits per heavy atom.